The van der Waals surface area contributed by atoms with E-state index in [1.165, 1.54) is 11.8 Å². The van der Waals surface area contributed by atoms with E-state index in [2.05, 4.69) is 22.1 Å². The molecule has 0 bridgehead atoms. The van der Waals surface area contributed by atoms with Gasteiger partial charge in [-0.15, -0.1) is 5.10 Å². The summed E-state index contributed by atoms with van der Waals surface area (Å²) >= 11 is 1.37. The quantitative estimate of drug-likeness (QED) is 0.851. The lowest BCUT2D eigenvalue weighted by Gasteiger charge is -2.09. The van der Waals surface area contributed by atoms with Crippen molar-refractivity contribution in [1.82, 2.24) is 19.7 Å². The van der Waals surface area contributed by atoms with E-state index in [4.69, 9.17) is 5.73 Å². The summed E-state index contributed by atoms with van der Waals surface area (Å²) in [6.07, 6.45) is 3.61. The normalized spacial score (nSPS) is 12.8. The van der Waals surface area contributed by atoms with Crippen LogP contribution in [0.15, 0.2) is 33.3 Å². The molecule has 7 heteroatoms. The molecule has 2 aromatic heterocycles. The predicted octanol–water partition coefficient (Wildman–Crippen LogP) is 1.98. The van der Waals surface area contributed by atoms with E-state index in [1.54, 1.807) is 4.57 Å². The minimum absolute atomic E-state index is 0.0561. The van der Waals surface area contributed by atoms with Crippen LogP contribution in [-0.2, 0) is 6.42 Å². The number of nitrogens with two attached hydrogens (primary N) is 1. The molecule has 0 aliphatic rings. The molecule has 0 radical (unpaired) electrons. The van der Waals surface area contributed by atoms with Gasteiger partial charge in [0.05, 0.1) is 0 Å². The Hall–Kier alpha value is -1.60. The first-order valence-corrected chi connectivity index (χ1v) is 7.88. The third kappa shape index (κ3) is 3.95. The molecular weight excluding hydrogens is 286 g/mol. The topological polar surface area (TPSA) is 89.6 Å². The van der Waals surface area contributed by atoms with Crippen LogP contribution in [-0.4, -0.2) is 25.8 Å². The van der Waals surface area contributed by atoms with Crippen molar-refractivity contribution in [1.29, 1.82) is 0 Å². The lowest BCUT2D eigenvalue weighted by atomic mass is 10.1. The fourth-order valence-electron chi connectivity index (χ4n) is 1.95. The molecule has 0 fully saturated rings. The highest BCUT2D eigenvalue weighted by Gasteiger charge is 2.13. The molecule has 0 amide bonds. The highest BCUT2D eigenvalue weighted by Crippen LogP contribution is 2.24. The van der Waals surface area contributed by atoms with Gasteiger partial charge in [0.25, 0.3) is 0 Å². The van der Waals surface area contributed by atoms with Crippen LogP contribution in [0.2, 0.25) is 0 Å². The summed E-state index contributed by atoms with van der Waals surface area (Å²) in [7, 11) is 0. The predicted molar refractivity (Wildman–Crippen MR) is 83.6 cm³/mol. The summed E-state index contributed by atoms with van der Waals surface area (Å²) < 4.78 is 1.62. The first-order chi connectivity index (χ1) is 10.0. The summed E-state index contributed by atoms with van der Waals surface area (Å²) in [6.45, 7) is 5.97. The summed E-state index contributed by atoms with van der Waals surface area (Å²) in [4.78, 5) is 16.1. The second-order valence-corrected chi connectivity index (χ2v) is 6.24. The van der Waals surface area contributed by atoms with Crippen LogP contribution >= 0.6 is 11.8 Å². The number of hydrogen-bond donors (Lipinski definition) is 2. The number of aromatic nitrogens is 4. The summed E-state index contributed by atoms with van der Waals surface area (Å²) in [5.41, 5.74) is 6.86. The first-order valence-electron chi connectivity index (χ1n) is 7.06. The number of pyridine rings is 1. The monoisotopic (exact) mass is 307 g/mol. The number of hydrogen-bond acceptors (Lipinski definition) is 5. The molecule has 0 saturated carbocycles. The standard InChI is InChI=1S/C14H21N5OS/c1-4-11(15)7-10-5-6-12(16-8-10)21-14-18-17-13(20)19(14)9(2)3/h5-6,8-9,11H,4,7,15H2,1-3H3,(H,17,20). The Morgan fingerprint density at radius 3 is 2.76 bits per heavy atom. The minimum Gasteiger partial charge on any atom is -0.327 e. The van der Waals surface area contributed by atoms with Gasteiger partial charge in [0.15, 0.2) is 5.16 Å². The van der Waals surface area contributed by atoms with Gasteiger partial charge in [0, 0.05) is 18.3 Å². The van der Waals surface area contributed by atoms with E-state index in [-0.39, 0.29) is 17.8 Å². The average Bonchev–Trinajstić information content (AvgIpc) is 2.81. The number of rotatable bonds is 6. The minimum atomic E-state index is -0.196. The third-order valence-electron chi connectivity index (χ3n) is 3.20. The maximum Gasteiger partial charge on any atom is 0.344 e. The summed E-state index contributed by atoms with van der Waals surface area (Å²) in [5, 5.41) is 7.96. The van der Waals surface area contributed by atoms with Crippen LogP contribution < -0.4 is 11.4 Å². The SMILES string of the molecule is CCC(N)Cc1ccc(Sc2n[nH]c(=O)n2C(C)C)nc1. The smallest absolute Gasteiger partial charge is 0.327 e. The van der Waals surface area contributed by atoms with Crippen molar-refractivity contribution in [3.05, 3.63) is 34.4 Å². The molecule has 1 unspecified atom stereocenters. The second kappa shape index (κ2) is 6.91. The van der Waals surface area contributed by atoms with Gasteiger partial charge in [-0.2, -0.15) is 0 Å². The van der Waals surface area contributed by atoms with Crippen LogP contribution in [0.5, 0.6) is 0 Å². The molecule has 6 nitrogen and oxygen atoms in total. The molecule has 114 valence electrons. The van der Waals surface area contributed by atoms with Crippen LogP contribution in [0.25, 0.3) is 0 Å². The molecule has 2 heterocycles. The van der Waals surface area contributed by atoms with E-state index in [0.717, 1.165) is 23.4 Å². The van der Waals surface area contributed by atoms with Crippen molar-refractivity contribution in [3.63, 3.8) is 0 Å². The van der Waals surface area contributed by atoms with E-state index >= 15 is 0 Å². The largest absolute Gasteiger partial charge is 0.344 e. The molecule has 0 spiro atoms. The highest BCUT2D eigenvalue weighted by atomic mass is 32.2. The van der Waals surface area contributed by atoms with Gasteiger partial charge in [0.2, 0.25) is 0 Å². The lowest BCUT2D eigenvalue weighted by Crippen LogP contribution is -2.21. The van der Waals surface area contributed by atoms with Gasteiger partial charge in [0.1, 0.15) is 5.03 Å². The molecule has 1 atom stereocenters. The van der Waals surface area contributed by atoms with Gasteiger partial charge in [-0.25, -0.2) is 14.9 Å². The van der Waals surface area contributed by atoms with Gasteiger partial charge < -0.3 is 5.73 Å². The Morgan fingerprint density at radius 1 is 1.43 bits per heavy atom. The van der Waals surface area contributed by atoms with Crippen molar-refractivity contribution >= 4 is 11.8 Å². The second-order valence-electron chi connectivity index (χ2n) is 5.25. The lowest BCUT2D eigenvalue weighted by molar-refractivity contribution is 0.534. The fraction of sp³-hybridized carbons (Fsp3) is 0.500. The Balaban J connectivity index is 2.12. The van der Waals surface area contributed by atoms with E-state index in [0.29, 0.717) is 5.16 Å². The van der Waals surface area contributed by atoms with Crippen LogP contribution in [0.3, 0.4) is 0 Å². The molecule has 0 aliphatic heterocycles. The molecule has 0 saturated heterocycles. The maximum atomic E-state index is 11.7. The zero-order chi connectivity index (χ0) is 15.4. The van der Waals surface area contributed by atoms with Gasteiger partial charge in [-0.05, 0) is 50.1 Å². The number of nitrogens with one attached hydrogen (secondary N) is 1. The van der Waals surface area contributed by atoms with Crippen molar-refractivity contribution in [3.8, 4) is 0 Å². The third-order valence-corrected chi connectivity index (χ3v) is 4.13. The van der Waals surface area contributed by atoms with Crippen LogP contribution in [0.4, 0.5) is 0 Å². The zero-order valence-electron chi connectivity index (χ0n) is 12.5. The van der Waals surface area contributed by atoms with Gasteiger partial charge in [-0.1, -0.05) is 13.0 Å². The maximum absolute atomic E-state index is 11.7. The van der Waals surface area contributed by atoms with E-state index in [9.17, 15) is 4.79 Å². The van der Waals surface area contributed by atoms with Gasteiger partial charge in [-0.3, -0.25) is 4.57 Å². The van der Waals surface area contributed by atoms with Crippen LogP contribution in [0, 0.1) is 0 Å². The molecule has 21 heavy (non-hydrogen) atoms. The first kappa shape index (κ1) is 15.8. The van der Waals surface area contributed by atoms with Gasteiger partial charge >= 0.3 is 5.69 Å². The van der Waals surface area contributed by atoms with Crippen molar-refractivity contribution in [2.75, 3.05) is 0 Å². The van der Waals surface area contributed by atoms with Crippen molar-refractivity contribution in [2.24, 2.45) is 5.73 Å². The fourth-order valence-corrected chi connectivity index (χ4v) is 2.86. The Bertz CT molecular complexity index is 632. The Morgan fingerprint density at radius 2 is 2.19 bits per heavy atom. The van der Waals surface area contributed by atoms with Crippen LogP contribution in [0.1, 0.15) is 38.8 Å². The van der Waals surface area contributed by atoms with Crippen molar-refractivity contribution < 1.29 is 0 Å². The molecule has 0 aromatic carbocycles. The number of nitrogens with zero attached hydrogens (tertiary/aromatic N) is 3. The van der Waals surface area contributed by atoms with E-state index < -0.39 is 0 Å². The molecule has 2 rings (SSSR count). The van der Waals surface area contributed by atoms with E-state index in [1.807, 2.05) is 32.2 Å². The summed E-state index contributed by atoms with van der Waals surface area (Å²) in [5.74, 6) is 0. The average molecular weight is 307 g/mol. The summed E-state index contributed by atoms with van der Waals surface area (Å²) in [6, 6.07) is 4.19. The number of aromatic amines is 1. The highest BCUT2D eigenvalue weighted by molar-refractivity contribution is 7.99. The Kier molecular flexibility index (Phi) is 5.19. The molecule has 0 aliphatic carbocycles. The molecule has 3 N–H and O–H groups in total. The zero-order valence-corrected chi connectivity index (χ0v) is 13.4. The Labute approximate surface area is 128 Å². The molecular formula is C14H21N5OS. The molecule has 2 aromatic rings. The van der Waals surface area contributed by atoms with Crippen molar-refractivity contribution in [2.45, 2.75) is 55.9 Å². The number of H-pyrrole nitrogens is 1.